The van der Waals surface area contributed by atoms with Crippen molar-refractivity contribution in [3.63, 3.8) is 0 Å². The van der Waals surface area contributed by atoms with Crippen LogP contribution in [0, 0.1) is 5.41 Å². The van der Waals surface area contributed by atoms with E-state index in [-0.39, 0.29) is 21.1 Å². The van der Waals surface area contributed by atoms with E-state index in [0.29, 0.717) is 0 Å². The monoisotopic (exact) mass is 324 g/mol. The van der Waals surface area contributed by atoms with Crippen molar-refractivity contribution in [3.8, 4) is 0 Å². The van der Waals surface area contributed by atoms with Gasteiger partial charge >= 0.3 is 0 Å². The molecule has 98 valence electrons. The van der Waals surface area contributed by atoms with Gasteiger partial charge in [-0.15, -0.1) is 5.10 Å². The highest BCUT2D eigenvalue weighted by molar-refractivity contribution is 9.10. The maximum Gasteiger partial charge on any atom is 0.260 e. The largest absolute Gasteiger partial charge is 0.260 e. The first-order chi connectivity index (χ1) is 7.55. The number of rotatable bonds is 3. The molecule has 1 heterocycles. The van der Waals surface area contributed by atoms with Crippen molar-refractivity contribution in [2.45, 2.75) is 38.8 Å². The third kappa shape index (κ3) is 3.26. The molecule has 0 spiro atoms. The van der Waals surface area contributed by atoms with Gasteiger partial charge in [-0.25, -0.2) is 17.8 Å². The summed E-state index contributed by atoms with van der Waals surface area (Å²) in [6.45, 7) is 7.74. The summed E-state index contributed by atoms with van der Waals surface area (Å²) in [5, 5.41) is 7.35. The third-order valence-corrected chi connectivity index (χ3v) is 5.05. The van der Waals surface area contributed by atoms with Crippen LogP contribution >= 0.6 is 15.9 Å². The van der Waals surface area contributed by atoms with Crippen LogP contribution in [-0.2, 0) is 17.1 Å². The average molecular weight is 325 g/mol. The van der Waals surface area contributed by atoms with Gasteiger partial charge in [0.1, 0.15) is 0 Å². The number of nitrogens with one attached hydrogen (secondary N) is 1. The van der Waals surface area contributed by atoms with Gasteiger partial charge in [0, 0.05) is 13.1 Å². The van der Waals surface area contributed by atoms with Crippen LogP contribution in [0.5, 0.6) is 0 Å². The highest BCUT2D eigenvalue weighted by Gasteiger charge is 2.29. The zero-order valence-corrected chi connectivity index (χ0v) is 12.9. The second-order valence-corrected chi connectivity index (χ2v) is 7.40. The molecular formula is C9H17BrN4O2S. The Hall–Kier alpha value is -0.470. The first kappa shape index (κ1) is 14.6. The van der Waals surface area contributed by atoms with E-state index in [1.54, 1.807) is 0 Å². The molecule has 17 heavy (non-hydrogen) atoms. The molecule has 1 aromatic rings. The summed E-state index contributed by atoms with van der Waals surface area (Å²) < 4.78 is 28.4. The molecule has 0 fully saturated rings. The molecule has 0 saturated carbocycles. The molecule has 0 bridgehead atoms. The molecule has 1 aromatic heterocycles. The fraction of sp³-hybridized carbons (Fsp3) is 0.778. The van der Waals surface area contributed by atoms with Crippen molar-refractivity contribution in [2.75, 3.05) is 0 Å². The first-order valence-corrected chi connectivity index (χ1v) is 7.41. The van der Waals surface area contributed by atoms with Gasteiger partial charge in [-0.1, -0.05) is 26.0 Å². The SMILES string of the molecule is CC(NS(=O)(=O)c1c(Br)nnn1C)C(C)(C)C. The average Bonchev–Trinajstić information content (AvgIpc) is 2.43. The summed E-state index contributed by atoms with van der Waals surface area (Å²) in [7, 11) is -2.08. The van der Waals surface area contributed by atoms with E-state index in [1.165, 1.54) is 11.7 Å². The van der Waals surface area contributed by atoms with Crippen molar-refractivity contribution in [2.24, 2.45) is 12.5 Å². The number of aromatic nitrogens is 3. The predicted molar refractivity (Wildman–Crippen MR) is 67.9 cm³/mol. The fourth-order valence-electron chi connectivity index (χ4n) is 1.07. The molecule has 0 aliphatic rings. The number of hydrogen-bond donors (Lipinski definition) is 1. The Morgan fingerprint density at radius 3 is 2.29 bits per heavy atom. The molecular weight excluding hydrogens is 308 g/mol. The van der Waals surface area contributed by atoms with Crippen LogP contribution in [0.4, 0.5) is 0 Å². The Balaban J connectivity index is 3.07. The molecule has 0 amide bonds. The van der Waals surface area contributed by atoms with Crippen LogP contribution in [0.3, 0.4) is 0 Å². The van der Waals surface area contributed by atoms with Crippen molar-refractivity contribution < 1.29 is 8.42 Å². The fourth-order valence-corrected chi connectivity index (χ4v) is 3.62. The van der Waals surface area contributed by atoms with Crippen molar-refractivity contribution in [3.05, 3.63) is 4.60 Å². The quantitative estimate of drug-likeness (QED) is 0.908. The van der Waals surface area contributed by atoms with E-state index in [2.05, 4.69) is 31.0 Å². The van der Waals surface area contributed by atoms with Crippen molar-refractivity contribution in [1.29, 1.82) is 0 Å². The van der Waals surface area contributed by atoms with Gasteiger partial charge in [0.15, 0.2) is 4.60 Å². The minimum atomic E-state index is -3.62. The van der Waals surface area contributed by atoms with E-state index in [0.717, 1.165) is 0 Å². The summed E-state index contributed by atoms with van der Waals surface area (Å²) in [6.07, 6.45) is 0. The lowest BCUT2D eigenvalue weighted by molar-refractivity contribution is 0.317. The second kappa shape index (κ2) is 4.66. The molecule has 1 rings (SSSR count). The number of nitrogens with zero attached hydrogens (tertiary/aromatic N) is 3. The maximum atomic E-state index is 12.2. The van der Waals surface area contributed by atoms with Gasteiger partial charge in [0.05, 0.1) is 0 Å². The van der Waals surface area contributed by atoms with Gasteiger partial charge in [0.2, 0.25) is 5.03 Å². The summed E-state index contributed by atoms with van der Waals surface area (Å²) in [4.78, 5) is 0. The Labute approximate surface area is 110 Å². The normalized spacial score (nSPS) is 14.9. The summed E-state index contributed by atoms with van der Waals surface area (Å²) in [5.41, 5.74) is -0.161. The third-order valence-electron chi connectivity index (χ3n) is 2.62. The van der Waals surface area contributed by atoms with E-state index in [4.69, 9.17) is 0 Å². The molecule has 6 nitrogen and oxygen atoms in total. The summed E-state index contributed by atoms with van der Waals surface area (Å²) in [6, 6.07) is -0.200. The summed E-state index contributed by atoms with van der Waals surface area (Å²) >= 11 is 3.08. The van der Waals surface area contributed by atoms with Crippen LogP contribution in [0.15, 0.2) is 9.63 Å². The lowest BCUT2D eigenvalue weighted by Crippen LogP contribution is -2.42. The topological polar surface area (TPSA) is 76.9 Å². The van der Waals surface area contributed by atoms with Crippen LogP contribution in [0.2, 0.25) is 0 Å². The number of sulfonamides is 1. The molecule has 8 heteroatoms. The Bertz CT molecular complexity index is 484. The van der Waals surface area contributed by atoms with Crippen molar-refractivity contribution in [1.82, 2.24) is 19.7 Å². The smallest absolute Gasteiger partial charge is 0.235 e. The molecule has 0 aliphatic heterocycles. The lowest BCUT2D eigenvalue weighted by Gasteiger charge is -2.27. The van der Waals surface area contributed by atoms with Gasteiger partial charge in [0.25, 0.3) is 10.0 Å². The predicted octanol–water partition coefficient (Wildman–Crippen LogP) is 1.29. The molecule has 1 atom stereocenters. The maximum absolute atomic E-state index is 12.2. The Kier molecular flexibility index (Phi) is 4.00. The van der Waals surface area contributed by atoms with Crippen molar-refractivity contribution >= 4 is 26.0 Å². The standard InChI is InChI=1S/C9H17BrN4O2S/c1-6(9(2,3)4)12-17(15,16)8-7(10)11-13-14(8)5/h6,12H,1-5H3. The van der Waals surface area contributed by atoms with E-state index in [9.17, 15) is 8.42 Å². The van der Waals surface area contributed by atoms with Crippen LogP contribution in [-0.4, -0.2) is 29.5 Å². The van der Waals surface area contributed by atoms with E-state index in [1.807, 2.05) is 27.7 Å². The second-order valence-electron chi connectivity index (χ2n) is 5.02. The highest BCUT2D eigenvalue weighted by Crippen LogP contribution is 2.23. The van der Waals surface area contributed by atoms with Gasteiger partial charge in [-0.05, 0) is 28.3 Å². The van der Waals surface area contributed by atoms with Crippen LogP contribution < -0.4 is 4.72 Å². The number of aryl methyl sites for hydroxylation is 1. The Morgan fingerprint density at radius 1 is 1.41 bits per heavy atom. The first-order valence-electron chi connectivity index (χ1n) is 5.13. The van der Waals surface area contributed by atoms with Gasteiger partial charge in [-0.3, -0.25) is 0 Å². The van der Waals surface area contributed by atoms with Gasteiger partial charge in [-0.2, -0.15) is 0 Å². The molecule has 1 unspecified atom stereocenters. The zero-order chi connectivity index (χ0) is 13.4. The zero-order valence-electron chi connectivity index (χ0n) is 10.5. The molecule has 0 radical (unpaired) electrons. The highest BCUT2D eigenvalue weighted by atomic mass is 79.9. The molecule has 1 N–H and O–H groups in total. The van der Waals surface area contributed by atoms with E-state index < -0.39 is 10.0 Å². The Morgan fingerprint density at radius 2 is 1.94 bits per heavy atom. The van der Waals surface area contributed by atoms with E-state index >= 15 is 0 Å². The minimum Gasteiger partial charge on any atom is -0.235 e. The van der Waals surface area contributed by atoms with Crippen LogP contribution in [0.25, 0.3) is 0 Å². The van der Waals surface area contributed by atoms with Gasteiger partial charge < -0.3 is 0 Å². The molecule has 0 saturated heterocycles. The molecule has 0 aromatic carbocycles. The van der Waals surface area contributed by atoms with Crippen LogP contribution in [0.1, 0.15) is 27.7 Å². The minimum absolute atomic E-state index is 0.0357. The number of hydrogen-bond acceptors (Lipinski definition) is 4. The molecule has 0 aliphatic carbocycles. The number of halogens is 1. The lowest BCUT2D eigenvalue weighted by atomic mass is 9.89. The summed E-state index contributed by atoms with van der Waals surface area (Å²) in [5.74, 6) is 0.